The number of aliphatic hydroxyl groups is 1. The standard InChI is InChI=1S/C33H39Cl2N3O2/c1-36(25-37-21-17-33(40,18-22-37)27-11-6-3-7-12-27)20-16-32(28-13-14-29(34)30(35)23-28)15-8-19-38(24-32)31(39)26-9-4-2-5-10-26/h2-7,9-14,23,40H,8,15-22,24-25H2,1H3. The molecule has 5 rings (SSSR count). The Morgan fingerprint density at radius 1 is 0.875 bits per heavy atom. The van der Waals surface area contributed by atoms with Crippen LogP contribution in [0.1, 0.15) is 53.6 Å². The van der Waals surface area contributed by atoms with Crippen LogP contribution >= 0.6 is 23.2 Å². The van der Waals surface area contributed by atoms with Crippen molar-refractivity contribution in [3.8, 4) is 0 Å². The molecule has 2 aliphatic rings. The molecule has 1 unspecified atom stereocenters. The van der Waals surface area contributed by atoms with E-state index >= 15 is 0 Å². The van der Waals surface area contributed by atoms with Crippen molar-refractivity contribution in [2.45, 2.75) is 43.1 Å². The summed E-state index contributed by atoms with van der Waals surface area (Å²) < 4.78 is 0. The van der Waals surface area contributed by atoms with Gasteiger partial charge in [0.1, 0.15) is 0 Å². The van der Waals surface area contributed by atoms with Crippen molar-refractivity contribution < 1.29 is 9.90 Å². The molecule has 2 heterocycles. The molecule has 212 valence electrons. The minimum atomic E-state index is -0.745. The maximum absolute atomic E-state index is 13.4. The summed E-state index contributed by atoms with van der Waals surface area (Å²) in [6, 6.07) is 25.6. The molecular formula is C33H39Cl2N3O2. The van der Waals surface area contributed by atoms with Crippen molar-refractivity contribution in [3.63, 3.8) is 0 Å². The van der Waals surface area contributed by atoms with Gasteiger partial charge < -0.3 is 10.0 Å². The smallest absolute Gasteiger partial charge is 0.253 e. The first kappa shape index (κ1) is 29.1. The van der Waals surface area contributed by atoms with E-state index in [1.54, 1.807) is 0 Å². The highest BCUT2D eigenvalue weighted by molar-refractivity contribution is 6.42. The highest BCUT2D eigenvalue weighted by Gasteiger charge is 2.39. The van der Waals surface area contributed by atoms with E-state index < -0.39 is 5.60 Å². The first-order valence-electron chi connectivity index (χ1n) is 14.3. The molecule has 1 amide bonds. The quantitative estimate of drug-likeness (QED) is 0.334. The fourth-order valence-electron chi connectivity index (χ4n) is 6.40. The Morgan fingerprint density at radius 2 is 1.55 bits per heavy atom. The summed E-state index contributed by atoms with van der Waals surface area (Å²) in [5.74, 6) is 0.0808. The SMILES string of the molecule is CN(CCC1(c2ccc(Cl)c(Cl)c2)CCCN(C(=O)c2ccccc2)C1)CN1CCC(O)(c2ccccc2)CC1. The number of carbonyl (C=O) groups excluding carboxylic acids is 1. The van der Waals surface area contributed by atoms with E-state index in [9.17, 15) is 9.90 Å². The maximum atomic E-state index is 13.4. The van der Waals surface area contributed by atoms with Crippen LogP contribution in [-0.4, -0.2) is 72.2 Å². The van der Waals surface area contributed by atoms with Crippen LogP contribution in [0.4, 0.5) is 0 Å². The number of halogens is 2. The molecule has 0 aliphatic carbocycles. The molecule has 2 aliphatic heterocycles. The van der Waals surface area contributed by atoms with Gasteiger partial charge in [-0.2, -0.15) is 0 Å². The molecule has 1 N–H and O–H groups in total. The Morgan fingerprint density at radius 3 is 2.23 bits per heavy atom. The number of hydrogen-bond acceptors (Lipinski definition) is 4. The zero-order valence-electron chi connectivity index (χ0n) is 23.2. The fraction of sp³-hybridized carbons (Fsp3) is 0.424. The summed E-state index contributed by atoms with van der Waals surface area (Å²) in [6.45, 7) is 4.84. The lowest BCUT2D eigenvalue weighted by molar-refractivity contribution is -0.0360. The Balaban J connectivity index is 1.26. The highest BCUT2D eigenvalue weighted by atomic mass is 35.5. The van der Waals surface area contributed by atoms with E-state index in [4.69, 9.17) is 23.2 Å². The van der Waals surface area contributed by atoms with Crippen LogP contribution in [0.25, 0.3) is 0 Å². The van der Waals surface area contributed by atoms with Gasteiger partial charge in [0.2, 0.25) is 0 Å². The predicted molar refractivity (Wildman–Crippen MR) is 163 cm³/mol. The van der Waals surface area contributed by atoms with E-state index in [2.05, 4.69) is 22.9 Å². The number of benzene rings is 3. The van der Waals surface area contributed by atoms with Crippen molar-refractivity contribution in [2.24, 2.45) is 0 Å². The largest absolute Gasteiger partial charge is 0.385 e. The summed E-state index contributed by atoms with van der Waals surface area (Å²) in [4.78, 5) is 20.2. The highest BCUT2D eigenvalue weighted by Crippen LogP contribution is 2.40. The second-order valence-corrected chi connectivity index (χ2v) is 12.4. The zero-order valence-corrected chi connectivity index (χ0v) is 24.7. The molecule has 0 bridgehead atoms. The average molecular weight is 581 g/mol. The zero-order chi connectivity index (χ0) is 28.2. The molecule has 2 fully saturated rings. The van der Waals surface area contributed by atoms with E-state index in [-0.39, 0.29) is 11.3 Å². The molecule has 3 aromatic rings. The normalized spacial score (nSPS) is 21.5. The Labute approximate surface area is 248 Å². The summed E-state index contributed by atoms with van der Waals surface area (Å²) in [6.07, 6.45) is 4.29. The number of carbonyl (C=O) groups is 1. The molecule has 0 radical (unpaired) electrons. The van der Waals surface area contributed by atoms with Crippen LogP contribution in [0.5, 0.6) is 0 Å². The molecule has 3 aromatic carbocycles. The van der Waals surface area contributed by atoms with E-state index in [0.29, 0.717) is 16.6 Å². The van der Waals surface area contributed by atoms with E-state index in [0.717, 1.165) is 81.6 Å². The molecule has 5 nitrogen and oxygen atoms in total. The van der Waals surface area contributed by atoms with Gasteiger partial charge in [0, 0.05) is 37.2 Å². The van der Waals surface area contributed by atoms with Gasteiger partial charge in [-0.3, -0.25) is 14.6 Å². The number of rotatable bonds is 8. The molecule has 40 heavy (non-hydrogen) atoms. The van der Waals surface area contributed by atoms with Crippen LogP contribution < -0.4 is 0 Å². The van der Waals surface area contributed by atoms with Crippen molar-refractivity contribution in [3.05, 3.63) is 106 Å². The van der Waals surface area contributed by atoms with E-state index in [1.165, 1.54) is 0 Å². The molecule has 2 saturated heterocycles. The fourth-order valence-corrected chi connectivity index (χ4v) is 6.69. The van der Waals surface area contributed by atoms with Gasteiger partial charge in [-0.05, 0) is 81.1 Å². The molecule has 1 atom stereocenters. The van der Waals surface area contributed by atoms with Gasteiger partial charge >= 0.3 is 0 Å². The van der Waals surface area contributed by atoms with Crippen LogP contribution in [0.15, 0.2) is 78.9 Å². The predicted octanol–water partition coefficient (Wildman–Crippen LogP) is 6.43. The number of nitrogens with zero attached hydrogens (tertiary/aromatic N) is 3. The van der Waals surface area contributed by atoms with Crippen molar-refractivity contribution >= 4 is 29.1 Å². The van der Waals surface area contributed by atoms with Crippen molar-refractivity contribution in [2.75, 3.05) is 46.4 Å². The monoisotopic (exact) mass is 579 g/mol. The number of piperidine rings is 2. The summed E-state index contributed by atoms with van der Waals surface area (Å²) >= 11 is 12.8. The Kier molecular flexibility index (Phi) is 9.18. The molecule has 0 spiro atoms. The summed E-state index contributed by atoms with van der Waals surface area (Å²) in [7, 11) is 2.16. The van der Waals surface area contributed by atoms with Crippen LogP contribution in [0.2, 0.25) is 10.0 Å². The van der Waals surface area contributed by atoms with Gasteiger partial charge in [-0.15, -0.1) is 0 Å². The minimum Gasteiger partial charge on any atom is -0.385 e. The van der Waals surface area contributed by atoms with Gasteiger partial charge in [-0.25, -0.2) is 0 Å². The molecule has 0 aromatic heterocycles. The van der Waals surface area contributed by atoms with Crippen molar-refractivity contribution in [1.82, 2.24) is 14.7 Å². The van der Waals surface area contributed by atoms with Crippen molar-refractivity contribution in [1.29, 1.82) is 0 Å². The molecule has 0 saturated carbocycles. The van der Waals surface area contributed by atoms with Gasteiger partial charge in [-0.1, -0.05) is 77.8 Å². The maximum Gasteiger partial charge on any atom is 0.253 e. The lowest BCUT2D eigenvalue weighted by Crippen LogP contribution is -2.50. The average Bonchev–Trinajstić information content (AvgIpc) is 2.99. The lowest BCUT2D eigenvalue weighted by Gasteiger charge is -2.45. The van der Waals surface area contributed by atoms with Crippen LogP contribution in [0.3, 0.4) is 0 Å². The third-order valence-corrected chi connectivity index (χ3v) is 9.56. The van der Waals surface area contributed by atoms with Gasteiger partial charge in [0.05, 0.1) is 22.3 Å². The topological polar surface area (TPSA) is 47.0 Å². The first-order valence-corrected chi connectivity index (χ1v) is 15.0. The first-order chi connectivity index (χ1) is 19.3. The van der Waals surface area contributed by atoms with Crippen LogP contribution in [-0.2, 0) is 11.0 Å². The molecule has 7 heteroatoms. The van der Waals surface area contributed by atoms with E-state index in [1.807, 2.05) is 77.7 Å². The number of hydrogen-bond donors (Lipinski definition) is 1. The third kappa shape index (κ3) is 6.56. The Bertz CT molecular complexity index is 1280. The number of likely N-dealkylation sites (tertiary alicyclic amines) is 2. The summed E-state index contributed by atoms with van der Waals surface area (Å²) in [5, 5.41) is 12.3. The Hall–Kier alpha value is -2.41. The lowest BCUT2D eigenvalue weighted by atomic mass is 9.71. The van der Waals surface area contributed by atoms with Crippen LogP contribution in [0, 0.1) is 0 Å². The van der Waals surface area contributed by atoms with Gasteiger partial charge in [0.25, 0.3) is 5.91 Å². The second-order valence-electron chi connectivity index (χ2n) is 11.6. The summed E-state index contributed by atoms with van der Waals surface area (Å²) in [5.41, 5.74) is 1.93. The second kappa shape index (κ2) is 12.6. The van der Waals surface area contributed by atoms with Gasteiger partial charge in [0.15, 0.2) is 0 Å². The third-order valence-electron chi connectivity index (χ3n) is 8.82. The minimum absolute atomic E-state index is 0.0808. The number of amides is 1. The molecular weight excluding hydrogens is 541 g/mol.